The highest BCUT2D eigenvalue weighted by Crippen LogP contribution is 2.42. The van der Waals surface area contributed by atoms with Crippen LogP contribution in [0.25, 0.3) is 0 Å². The van der Waals surface area contributed by atoms with E-state index in [1.807, 2.05) is 6.07 Å². The quantitative estimate of drug-likeness (QED) is 0.328. The van der Waals surface area contributed by atoms with Crippen molar-refractivity contribution in [2.45, 2.75) is 32.6 Å². The molecule has 4 heteroatoms. The molecule has 6 N–H and O–H groups in total. The summed E-state index contributed by atoms with van der Waals surface area (Å²) in [6, 6.07) is 8.46. The molecule has 0 aliphatic heterocycles. The summed E-state index contributed by atoms with van der Waals surface area (Å²) in [4.78, 5) is 4.02. The van der Waals surface area contributed by atoms with Crippen LogP contribution in [0.2, 0.25) is 0 Å². The Morgan fingerprint density at radius 1 is 1.33 bits per heavy atom. The summed E-state index contributed by atoms with van der Waals surface area (Å²) in [5.41, 5.74) is 8.77. The Morgan fingerprint density at radius 2 is 2.00 bits per heavy atom. The number of hydrazine groups is 1. The molecule has 0 saturated heterocycles. The van der Waals surface area contributed by atoms with Gasteiger partial charge in [-0.2, -0.15) is 0 Å². The van der Waals surface area contributed by atoms with E-state index < -0.39 is 0 Å². The molecule has 0 radical (unpaired) electrons. The summed E-state index contributed by atoms with van der Waals surface area (Å²) in [5, 5.41) is 0. The van der Waals surface area contributed by atoms with Crippen LogP contribution in [0.15, 0.2) is 29.3 Å². The monoisotopic (exact) mass is 248 g/mol. The number of hydrogen-bond acceptors (Lipinski definition) is 3. The zero-order valence-electron chi connectivity index (χ0n) is 11.3. The Morgan fingerprint density at radius 3 is 2.50 bits per heavy atom. The molecule has 1 aromatic carbocycles. The molecule has 0 aromatic heterocycles. The van der Waals surface area contributed by atoms with Gasteiger partial charge in [0.15, 0.2) is 0 Å². The SMILES string of the molecule is CN=C(N)c1cccc(CC2(C)CCC2)c1.NN. The first kappa shape index (κ1) is 14.7. The highest BCUT2D eigenvalue weighted by Gasteiger charge is 2.31. The molecule has 0 atom stereocenters. The standard InChI is InChI=1S/C14H20N2.H4N2/c1-14(7-4-8-14)10-11-5-3-6-12(9-11)13(15)16-2;1-2/h3,5-6,9H,4,7-8,10H2,1-2H3,(H2,15,16);1-2H2. The van der Waals surface area contributed by atoms with Crippen LogP contribution in [0.3, 0.4) is 0 Å². The molecule has 1 aromatic rings. The van der Waals surface area contributed by atoms with Gasteiger partial charge in [-0.25, -0.2) is 0 Å². The Kier molecular flexibility index (Phi) is 5.31. The van der Waals surface area contributed by atoms with E-state index in [4.69, 9.17) is 5.73 Å². The molecule has 0 bridgehead atoms. The fourth-order valence-corrected chi connectivity index (χ4v) is 2.42. The van der Waals surface area contributed by atoms with Gasteiger partial charge in [0.1, 0.15) is 5.84 Å². The van der Waals surface area contributed by atoms with Gasteiger partial charge in [-0.05, 0) is 36.3 Å². The Hall–Kier alpha value is -1.39. The van der Waals surface area contributed by atoms with Crippen LogP contribution in [-0.2, 0) is 6.42 Å². The second kappa shape index (κ2) is 6.52. The van der Waals surface area contributed by atoms with Crippen molar-refractivity contribution in [1.82, 2.24) is 0 Å². The van der Waals surface area contributed by atoms with Gasteiger partial charge in [-0.3, -0.25) is 16.7 Å². The zero-order valence-corrected chi connectivity index (χ0v) is 11.3. The molecule has 18 heavy (non-hydrogen) atoms. The topological polar surface area (TPSA) is 90.4 Å². The lowest BCUT2D eigenvalue weighted by molar-refractivity contribution is 0.161. The summed E-state index contributed by atoms with van der Waals surface area (Å²) in [6.45, 7) is 2.38. The van der Waals surface area contributed by atoms with Gasteiger partial charge in [-0.1, -0.05) is 31.5 Å². The number of hydrogen-bond donors (Lipinski definition) is 3. The second-order valence-electron chi connectivity index (χ2n) is 5.15. The highest BCUT2D eigenvalue weighted by atomic mass is 15.0. The third-order valence-corrected chi connectivity index (χ3v) is 3.66. The average Bonchev–Trinajstić information content (AvgIpc) is 2.38. The van der Waals surface area contributed by atoms with Crippen molar-refractivity contribution in [3.05, 3.63) is 35.4 Å². The molecule has 100 valence electrons. The normalized spacial score (nSPS) is 17.4. The van der Waals surface area contributed by atoms with E-state index in [9.17, 15) is 0 Å². The zero-order chi connectivity index (χ0) is 13.6. The van der Waals surface area contributed by atoms with Crippen molar-refractivity contribution < 1.29 is 0 Å². The fourth-order valence-electron chi connectivity index (χ4n) is 2.42. The second-order valence-corrected chi connectivity index (χ2v) is 5.15. The highest BCUT2D eigenvalue weighted by molar-refractivity contribution is 5.97. The predicted octanol–water partition coefficient (Wildman–Crippen LogP) is 1.57. The van der Waals surface area contributed by atoms with Crippen molar-refractivity contribution in [3.8, 4) is 0 Å². The summed E-state index contributed by atoms with van der Waals surface area (Å²) in [5.74, 6) is 8.63. The average molecular weight is 248 g/mol. The first-order valence-corrected chi connectivity index (χ1v) is 6.28. The van der Waals surface area contributed by atoms with Crippen LogP contribution >= 0.6 is 0 Å². The number of benzene rings is 1. The number of amidine groups is 1. The minimum absolute atomic E-state index is 0.525. The van der Waals surface area contributed by atoms with Gasteiger partial charge in [-0.15, -0.1) is 0 Å². The maximum absolute atomic E-state index is 5.82. The maximum atomic E-state index is 5.82. The number of nitrogens with zero attached hydrogens (tertiary/aromatic N) is 1. The van der Waals surface area contributed by atoms with Crippen LogP contribution < -0.4 is 17.4 Å². The summed E-state index contributed by atoms with van der Waals surface area (Å²) in [6.07, 6.45) is 5.26. The molecule has 2 rings (SSSR count). The summed E-state index contributed by atoms with van der Waals surface area (Å²) >= 11 is 0. The molecule has 1 saturated carbocycles. The van der Waals surface area contributed by atoms with Gasteiger partial charge < -0.3 is 5.73 Å². The van der Waals surface area contributed by atoms with Crippen LogP contribution in [0.5, 0.6) is 0 Å². The molecule has 1 aliphatic carbocycles. The number of rotatable bonds is 3. The number of nitrogens with two attached hydrogens (primary N) is 3. The molecular formula is C14H24N4. The third kappa shape index (κ3) is 3.55. The van der Waals surface area contributed by atoms with E-state index in [2.05, 4.69) is 41.8 Å². The lowest BCUT2D eigenvalue weighted by atomic mass is 9.67. The Labute approximate surface area is 109 Å². The molecule has 0 amide bonds. The molecule has 0 unspecified atom stereocenters. The maximum Gasteiger partial charge on any atom is 0.125 e. The first-order chi connectivity index (χ1) is 8.63. The molecule has 0 heterocycles. The fraction of sp³-hybridized carbons (Fsp3) is 0.500. The largest absolute Gasteiger partial charge is 0.384 e. The van der Waals surface area contributed by atoms with E-state index in [1.54, 1.807) is 7.05 Å². The number of aliphatic imine (C=N–C) groups is 1. The van der Waals surface area contributed by atoms with E-state index in [0.29, 0.717) is 11.3 Å². The van der Waals surface area contributed by atoms with Crippen LogP contribution in [-0.4, -0.2) is 12.9 Å². The minimum atomic E-state index is 0.525. The van der Waals surface area contributed by atoms with Gasteiger partial charge in [0, 0.05) is 12.6 Å². The van der Waals surface area contributed by atoms with Crippen molar-refractivity contribution in [3.63, 3.8) is 0 Å². The van der Waals surface area contributed by atoms with Crippen LogP contribution in [0.4, 0.5) is 0 Å². The minimum Gasteiger partial charge on any atom is -0.384 e. The van der Waals surface area contributed by atoms with E-state index in [0.717, 1.165) is 12.0 Å². The van der Waals surface area contributed by atoms with Crippen molar-refractivity contribution in [1.29, 1.82) is 0 Å². The lowest BCUT2D eigenvalue weighted by Gasteiger charge is -2.38. The van der Waals surface area contributed by atoms with Crippen LogP contribution in [0.1, 0.15) is 37.3 Å². The molecular weight excluding hydrogens is 224 g/mol. The summed E-state index contributed by atoms with van der Waals surface area (Å²) < 4.78 is 0. The van der Waals surface area contributed by atoms with E-state index >= 15 is 0 Å². The molecule has 1 fully saturated rings. The van der Waals surface area contributed by atoms with E-state index in [-0.39, 0.29) is 0 Å². The Balaban J connectivity index is 0.000000771. The molecule has 1 aliphatic rings. The van der Waals surface area contributed by atoms with E-state index in [1.165, 1.54) is 24.8 Å². The molecule has 4 nitrogen and oxygen atoms in total. The van der Waals surface area contributed by atoms with Gasteiger partial charge >= 0.3 is 0 Å². The van der Waals surface area contributed by atoms with Crippen LogP contribution in [0, 0.1) is 5.41 Å². The smallest absolute Gasteiger partial charge is 0.125 e. The predicted molar refractivity (Wildman–Crippen MR) is 77.1 cm³/mol. The third-order valence-electron chi connectivity index (χ3n) is 3.66. The Bertz CT molecular complexity index is 408. The lowest BCUT2D eigenvalue weighted by Crippen LogP contribution is -2.28. The van der Waals surface area contributed by atoms with Gasteiger partial charge in [0.05, 0.1) is 0 Å². The van der Waals surface area contributed by atoms with Crippen molar-refractivity contribution in [2.24, 2.45) is 27.8 Å². The van der Waals surface area contributed by atoms with Crippen molar-refractivity contribution >= 4 is 5.84 Å². The van der Waals surface area contributed by atoms with Gasteiger partial charge in [0.25, 0.3) is 0 Å². The van der Waals surface area contributed by atoms with Crippen molar-refractivity contribution in [2.75, 3.05) is 7.05 Å². The summed E-state index contributed by atoms with van der Waals surface area (Å²) in [7, 11) is 1.73. The first-order valence-electron chi connectivity index (χ1n) is 6.28. The molecule has 0 spiro atoms. The van der Waals surface area contributed by atoms with Gasteiger partial charge in [0.2, 0.25) is 0 Å².